The first kappa shape index (κ1) is 23.1. The average Bonchev–Trinajstić information content (AvgIpc) is 3.29. The second kappa shape index (κ2) is 11.7. The monoisotopic (exact) mass is 445 g/mol. The lowest BCUT2D eigenvalue weighted by Gasteiger charge is -2.32. The number of nitrogens with one attached hydrogen (secondary N) is 2. The number of hydrogen-bond donors (Lipinski definition) is 2. The summed E-state index contributed by atoms with van der Waals surface area (Å²) in [4.78, 5) is 8.97. The van der Waals surface area contributed by atoms with Crippen molar-refractivity contribution in [3.63, 3.8) is 0 Å². The van der Waals surface area contributed by atoms with Crippen molar-refractivity contribution >= 4 is 5.96 Å². The van der Waals surface area contributed by atoms with E-state index in [1.54, 1.807) is 0 Å². The van der Waals surface area contributed by atoms with E-state index in [0.717, 1.165) is 57.3 Å². The summed E-state index contributed by atoms with van der Waals surface area (Å²) in [5, 5.41) is 6.96. The van der Waals surface area contributed by atoms with E-state index in [9.17, 15) is 0 Å². The van der Waals surface area contributed by atoms with Gasteiger partial charge >= 0.3 is 0 Å². The SMILES string of the molecule is CN=C(NCCc1nccn1Cc1ccccc1)NCC1CCCOC1c1ccc(C)cc1. The van der Waals surface area contributed by atoms with E-state index in [2.05, 4.69) is 80.6 Å². The Balaban J connectivity index is 1.27. The second-order valence-corrected chi connectivity index (χ2v) is 8.69. The fourth-order valence-corrected chi connectivity index (χ4v) is 4.41. The standard InChI is InChI=1S/C27H35N5O/c1-21-10-12-23(13-11-21)26-24(9-6-18-33-26)19-31-27(28-2)30-15-14-25-29-16-17-32(25)20-22-7-4-3-5-8-22/h3-5,7-8,10-13,16-17,24,26H,6,9,14-15,18-20H2,1-2H3,(H2,28,30,31). The number of aryl methyl sites for hydroxylation is 1. The molecule has 1 saturated heterocycles. The Morgan fingerprint density at radius 3 is 2.73 bits per heavy atom. The molecule has 1 fully saturated rings. The summed E-state index contributed by atoms with van der Waals surface area (Å²) in [6, 6.07) is 19.2. The summed E-state index contributed by atoms with van der Waals surface area (Å²) < 4.78 is 8.37. The number of aromatic nitrogens is 2. The van der Waals surface area contributed by atoms with Crippen molar-refractivity contribution in [1.82, 2.24) is 20.2 Å². The van der Waals surface area contributed by atoms with Crippen LogP contribution in [0.1, 0.15) is 41.5 Å². The summed E-state index contributed by atoms with van der Waals surface area (Å²) in [6.07, 6.45) is 7.14. The molecular formula is C27H35N5O. The van der Waals surface area contributed by atoms with Crippen molar-refractivity contribution in [3.05, 3.63) is 89.5 Å². The molecule has 33 heavy (non-hydrogen) atoms. The van der Waals surface area contributed by atoms with Gasteiger partial charge in [0.1, 0.15) is 5.82 Å². The van der Waals surface area contributed by atoms with Gasteiger partial charge in [-0.2, -0.15) is 0 Å². The van der Waals surface area contributed by atoms with Crippen molar-refractivity contribution in [2.45, 2.75) is 38.8 Å². The molecule has 2 heterocycles. The predicted octanol–water partition coefficient (Wildman–Crippen LogP) is 4.12. The quantitative estimate of drug-likeness (QED) is 0.405. The van der Waals surface area contributed by atoms with Crippen LogP contribution >= 0.6 is 0 Å². The van der Waals surface area contributed by atoms with Gasteiger partial charge in [0, 0.05) is 58.0 Å². The molecule has 0 aliphatic carbocycles. The van der Waals surface area contributed by atoms with E-state index < -0.39 is 0 Å². The van der Waals surface area contributed by atoms with Crippen molar-refractivity contribution in [2.75, 3.05) is 26.7 Å². The highest BCUT2D eigenvalue weighted by Crippen LogP contribution is 2.33. The van der Waals surface area contributed by atoms with Gasteiger partial charge in [0.05, 0.1) is 6.10 Å². The van der Waals surface area contributed by atoms with E-state index in [4.69, 9.17) is 4.74 Å². The van der Waals surface area contributed by atoms with Gasteiger partial charge in [0.25, 0.3) is 0 Å². The molecule has 3 aromatic rings. The van der Waals surface area contributed by atoms with Crippen molar-refractivity contribution in [2.24, 2.45) is 10.9 Å². The summed E-state index contributed by atoms with van der Waals surface area (Å²) in [7, 11) is 1.82. The van der Waals surface area contributed by atoms with Crippen LogP contribution in [0, 0.1) is 12.8 Å². The number of imidazole rings is 1. The highest BCUT2D eigenvalue weighted by molar-refractivity contribution is 5.79. The number of ether oxygens (including phenoxy) is 1. The molecule has 0 amide bonds. The highest BCUT2D eigenvalue weighted by Gasteiger charge is 2.27. The minimum Gasteiger partial charge on any atom is -0.373 e. The topological polar surface area (TPSA) is 63.5 Å². The van der Waals surface area contributed by atoms with Gasteiger partial charge in [-0.15, -0.1) is 0 Å². The Morgan fingerprint density at radius 2 is 1.94 bits per heavy atom. The minimum atomic E-state index is 0.135. The van der Waals surface area contributed by atoms with Gasteiger partial charge in [-0.1, -0.05) is 60.2 Å². The van der Waals surface area contributed by atoms with E-state index in [-0.39, 0.29) is 6.10 Å². The van der Waals surface area contributed by atoms with E-state index in [1.165, 1.54) is 16.7 Å². The summed E-state index contributed by atoms with van der Waals surface area (Å²) in [5.74, 6) is 2.32. The summed E-state index contributed by atoms with van der Waals surface area (Å²) in [6.45, 7) is 5.39. The maximum atomic E-state index is 6.16. The predicted molar refractivity (Wildman–Crippen MR) is 133 cm³/mol. The lowest BCUT2D eigenvalue weighted by Crippen LogP contribution is -2.42. The number of rotatable bonds is 8. The maximum absolute atomic E-state index is 6.16. The molecule has 1 aliphatic rings. The molecule has 0 spiro atoms. The van der Waals surface area contributed by atoms with Gasteiger partial charge in [-0.05, 0) is 30.9 Å². The van der Waals surface area contributed by atoms with Crippen LogP contribution in [-0.4, -0.2) is 42.3 Å². The largest absolute Gasteiger partial charge is 0.373 e. The molecule has 1 aromatic heterocycles. The Hall–Kier alpha value is -3.12. The number of nitrogens with zero attached hydrogens (tertiary/aromatic N) is 3. The molecule has 0 saturated carbocycles. The van der Waals surface area contributed by atoms with Gasteiger partial charge < -0.3 is 19.9 Å². The fourth-order valence-electron chi connectivity index (χ4n) is 4.41. The molecule has 2 aromatic carbocycles. The van der Waals surface area contributed by atoms with E-state index in [1.807, 2.05) is 25.5 Å². The van der Waals surface area contributed by atoms with E-state index >= 15 is 0 Å². The molecular weight excluding hydrogens is 410 g/mol. The van der Waals surface area contributed by atoms with Gasteiger partial charge in [-0.3, -0.25) is 4.99 Å². The third kappa shape index (κ3) is 6.45. The third-order valence-electron chi connectivity index (χ3n) is 6.24. The zero-order valence-electron chi connectivity index (χ0n) is 19.7. The molecule has 6 nitrogen and oxygen atoms in total. The zero-order valence-corrected chi connectivity index (χ0v) is 19.7. The third-order valence-corrected chi connectivity index (χ3v) is 6.24. The van der Waals surface area contributed by atoms with Crippen LogP contribution in [0.2, 0.25) is 0 Å². The molecule has 2 unspecified atom stereocenters. The first-order valence-corrected chi connectivity index (χ1v) is 11.9. The molecule has 1 aliphatic heterocycles. The van der Waals surface area contributed by atoms with Crippen LogP contribution in [0.5, 0.6) is 0 Å². The smallest absolute Gasteiger partial charge is 0.191 e. The minimum absolute atomic E-state index is 0.135. The van der Waals surface area contributed by atoms with E-state index in [0.29, 0.717) is 5.92 Å². The second-order valence-electron chi connectivity index (χ2n) is 8.69. The van der Waals surface area contributed by atoms with Crippen molar-refractivity contribution in [1.29, 1.82) is 0 Å². The lowest BCUT2D eigenvalue weighted by atomic mass is 9.89. The van der Waals surface area contributed by atoms with Gasteiger partial charge in [0.15, 0.2) is 5.96 Å². The molecule has 0 radical (unpaired) electrons. The summed E-state index contributed by atoms with van der Waals surface area (Å²) >= 11 is 0. The number of hydrogen-bond acceptors (Lipinski definition) is 3. The number of aliphatic imine (C=N–C) groups is 1. The molecule has 4 rings (SSSR count). The Bertz CT molecular complexity index is 1010. The summed E-state index contributed by atoms with van der Waals surface area (Å²) in [5.41, 5.74) is 3.82. The van der Waals surface area contributed by atoms with Crippen LogP contribution in [0.4, 0.5) is 0 Å². The van der Waals surface area contributed by atoms with Crippen molar-refractivity contribution in [3.8, 4) is 0 Å². The molecule has 2 atom stereocenters. The molecule has 0 bridgehead atoms. The number of guanidine groups is 1. The highest BCUT2D eigenvalue weighted by atomic mass is 16.5. The van der Waals surface area contributed by atoms with Crippen LogP contribution < -0.4 is 10.6 Å². The average molecular weight is 446 g/mol. The normalized spacial score (nSPS) is 18.8. The molecule has 174 valence electrons. The Labute approximate surface area is 197 Å². The van der Waals surface area contributed by atoms with Gasteiger partial charge in [0.2, 0.25) is 0 Å². The van der Waals surface area contributed by atoms with Crippen LogP contribution in [0.3, 0.4) is 0 Å². The Morgan fingerprint density at radius 1 is 1.12 bits per heavy atom. The number of benzene rings is 2. The first-order valence-electron chi connectivity index (χ1n) is 11.9. The maximum Gasteiger partial charge on any atom is 0.191 e. The van der Waals surface area contributed by atoms with Crippen LogP contribution in [0.25, 0.3) is 0 Å². The Kier molecular flexibility index (Phi) is 8.14. The first-order chi connectivity index (χ1) is 16.2. The van der Waals surface area contributed by atoms with Gasteiger partial charge in [-0.25, -0.2) is 4.98 Å². The molecule has 2 N–H and O–H groups in total. The lowest BCUT2D eigenvalue weighted by molar-refractivity contribution is -0.0265. The fraction of sp³-hybridized carbons (Fsp3) is 0.407. The van der Waals surface area contributed by atoms with Crippen LogP contribution in [0.15, 0.2) is 72.0 Å². The zero-order chi connectivity index (χ0) is 22.9. The van der Waals surface area contributed by atoms with Crippen molar-refractivity contribution < 1.29 is 4.74 Å². The van der Waals surface area contributed by atoms with Crippen LogP contribution in [-0.2, 0) is 17.7 Å². The molecule has 6 heteroatoms.